The molecule has 0 aliphatic carbocycles. The molecular formula is C16H21NO2. The Labute approximate surface area is 114 Å². The van der Waals surface area contributed by atoms with Gasteiger partial charge in [-0.15, -0.1) is 0 Å². The van der Waals surface area contributed by atoms with E-state index >= 15 is 0 Å². The van der Waals surface area contributed by atoms with Gasteiger partial charge in [0.2, 0.25) is 0 Å². The van der Waals surface area contributed by atoms with E-state index in [9.17, 15) is 5.11 Å². The molecule has 2 unspecified atom stereocenters. The Balaban J connectivity index is 2.35. The van der Waals surface area contributed by atoms with Gasteiger partial charge in [0.1, 0.15) is 5.75 Å². The molecule has 0 bridgehead atoms. The summed E-state index contributed by atoms with van der Waals surface area (Å²) in [5, 5.41) is 11.8. The van der Waals surface area contributed by atoms with Gasteiger partial charge in [-0.1, -0.05) is 24.3 Å². The highest BCUT2D eigenvalue weighted by molar-refractivity contribution is 5.84. The number of hydrogen-bond acceptors (Lipinski definition) is 3. The van der Waals surface area contributed by atoms with Gasteiger partial charge in [-0.05, 0) is 54.3 Å². The highest BCUT2D eigenvalue weighted by Gasteiger charge is 2.13. The summed E-state index contributed by atoms with van der Waals surface area (Å²) in [6, 6.07) is 12.3. The maximum Gasteiger partial charge on any atom is 0.119 e. The van der Waals surface area contributed by atoms with Crippen LogP contribution in [0.1, 0.15) is 24.8 Å². The van der Waals surface area contributed by atoms with Crippen molar-refractivity contribution in [2.75, 3.05) is 13.7 Å². The minimum atomic E-state index is -0.333. The first-order valence-electron chi connectivity index (χ1n) is 6.60. The third kappa shape index (κ3) is 3.25. The number of fused-ring (bicyclic) bond motifs is 1. The van der Waals surface area contributed by atoms with E-state index in [2.05, 4.69) is 18.2 Å². The second kappa shape index (κ2) is 6.04. The van der Waals surface area contributed by atoms with Gasteiger partial charge in [-0.25, -0.2) is 0 Å². The number of nitrogens with two attached hydrogens (primary N) is 1. The molecule has 0 spiro atoms. The first-order valence-corrected chi connectivity index (χ1v) is 6.60. The van der Waals surface area contributed by atoms with Crippen LogP contribution >= 0.6 is 0 Å². The first kappa shape index (κ1) is 13.8. The van der Waals surface area contributed by atoms with Crippen LogP contribution in [0.4, 0.5) is 0 Å². The van der Waals surface area contributed by atoms with Crippen LogP contribution in [0.15, 0.2) is 36.4 Å². The molecule has 0 fully saturated rings. The molecule has 2 aromatic carbocycles. The van der Waals surface area contributed by atoms with Crippen LogP contribution in [-0.4, -0.2) is 24.9 Å². The average Bonchev–Trinajstić information content (AvgIpc) is 2.43. The van der Waals surface area contributed by atoms with Gasteiger partial charge in [-0.3, -0.25) is 0 Å². The largest absolute Gasteiger partial charge is 0.497 e. The molecule has 2 aromatic rings. The number of hydrogen-bond donors (Lipinski definition) is 2. The number of methoxy groups -OCH3 is 1. The summed E-state index contributed by atoms with van der Waals surface area (Å²) in [6.07, 6.45) is 0.359. The molecule has 0 saturated heterocycles. The minimum absolute atomic E-state index is 0.200. The molecule has 19 heavy (non-hydrogen) atoms. The van der Waals surface area contributed by atoms with Gasteiger partial charge in [-0.2, -0.15) is 0 Å². The van der Waals surface area contributed by atoms with Crippen molar-refractivity contribution in [3.05, 3.63) is 42.0 Å². The van der Waals surface area contributed by atoms with Crippen molar-refractivity contribution in [2.45, 2.75) is 25.4 Å². The number of benzene rings is 2. The van der Waals surface area contributed by atoms with Crippen LogP contribution in [0, 0.1) is 0 Å². The zero-order valence-electron chi connectivity index (χ0n) is 11.5. The monoisotopic (exact) mass is 259 g/mol. The average molecular weight is 259 g/mol. The zero-order chi connectivity index (χ0) is 13.8. The maximum absolute atomic E-state index is 9.52. The van der Waals surface area contributed by atoms with Crippen molar-refractivity contribution in [1.29, 1.82) is 0 Å². The lowest BCUT2D eigenvalue weighted by atomic mass is 9.92. The lowest BCUT2D eigenvalue weighted by Crippen LogP contribution is -2.17. The molecule has 0 heterocycles. The van der Waals surface area contributed by atoms with E-state index in [1.807, 2.05) is 18.2 Å². The second-order valence-electron chi connectivity index (χ2n) is 4.99. The van der Waals surface area contributed by atoms with Gasteiger partial charge in [0, 0.05) is 0 Å². The molecule has 0 aliphatic heterocycles. The predicted molar refractivity (Wildman–Crippen MR) is 78.6 cm³/mol. The number of rotatable bonds is 5. The Morgan fingerprint density at radius 3 is 2.47 bits per heavy atom. The quantitative estimate of drug-likeness (QED) is 0.868. The summed E-state index contributed by atoms with van der Waals surface area (Å²) in [7, 11) is 1.67. The molecule has 2 rings (SSSR count). The van der Waals surface area contributed by atoms with E-state index < -0.39 is 0 Å². The van der Waals surface area contributed by atoms with Crippen molar-refractivity contribution in [3.8, 4) is 5.75 Å². The van der Waals surface area contributed by atoms with Crippen LogP contribution in [0.2, 0.25) is 0 Å². The normalized spacial score (nSPS) is 14.3. The smallest absolute Gasteiger partial charge is 0.119 e. The molecule has 3 N–H and O–H groups in total. The Kier molecular flexibility index (Phi) is 4.40. The van der Waals surface area contributed by atoms with Gasteiger partial charge in [0.25, 0.3) is 0 Å². The molecule has 3 heteroatoms. The Morgan fingerprint density at radius 1 is 1.16 bits per heavy atom. The number of aliphatic hydroxyl groups excluding tert-OH is 1. The van der Waals surface area contributed by atoms with Gasteiger partial charge in [0.05, 0.1) is 13.2 Å². The predicted octanol–water partition coefficient (Wildman–Crippen LogP) is 2.66. The minimum Gasteiger partial charge on any atom is -0.497 e. The molecule has 0 amide bonds. The van der Waals surface area contributed by atoms with Gasteiger partial charge < -0.3 is 15.6 Å². The third-order valence-electron chi connectivity index (χ3n) is 3.45. The Bertz CT molecular complexity index is 551. The molecule has 2 atom stereocenters. The van der Waals surface area contributed by atoms with Crippen molar-refractivity contribution < 1.29 is 9.84 Å². The van der Waals surface area contributed by atoms with Crippen LogP contribution in [0.25, 0.3) is 10.8 Å². The van der Waals surface area contributed by atoms with E-state index in [1.165, 1.54) is 10.9 Å². The highest BCUT2D eigenvalue weighted by atomic mass is 16.5. The van der Waals surface area contributed by atoms with E-state index in [0.717, 1.165) is 11.1 Å². The van der Waals surface area contributed by atoms with E-state index in [4.69, 9.17) is 10.5 Å². The fraction of sp³-hybridized carbons (Fsp3) is 0.375. The molecule has 0 radical (unpaired) electrons. The Hall–Kier alpha value is -1.58. The SMILES string of the molecule is COc1ccc2cc(C(CN)CC(C)O)ccc2c1. The molecule has 102 valence electrons. The van der Waals surface area contributed by atoms with Crippen molar-refractivity contribution in [3.63, 3.8) is 0 Å². The Morgan fingerprint density at radius 2 is 1.84 bits per heavy atom. The zero-order valence-corrected chi connectivity index (χ0v) is 11.5. The number of ether oxygens (including phenoxy) is 1. The fourth-order valence-corrected chi connectivity index (χ4v) is 2.40. The van der Waals surface area contributed by atoms with Crippen LogP contribution in [-0.2, 0) is 0 Å². The van der Waals surface area contributed by atoms with Crippen LogP contribution < -0.4 is 10.5 Å². The summed E-state index contributed by atoms with van der Waals surface area (Å²) in [5.41, 5.74) is 6.99. The van der Waals surface area contributed by atoms with E-state index in [1.54, 1.807) is 14.0 Å². The van der Waals surface area contributed by atoms with E-state index in [-0.39, 0.29) is 12.0 Å². The fourth-order valence-electron chi connectivity index (χ4n) is 2.40. The summed E-state index contributed by atoms with van der Waals surface area (Å²) >= 11 is 0. The highest BCUT2D eigenvalue weighted by Crippen LogP contribution is 2.26. The van der Waals surface area contributed by atoms with Crippen LogP contribution in [0.5, 0.6) is 5.75 Å². The van der Waals surface area contributed by atoms with E-state index in [0.29, 0.717) is 13.0 Å². The molecule has 0 saturated carbocycles. The number of aliphatic hydroxyl groups is 1. The molecule has 3 nitrogen and oxygen atoms in total. The second-order valence-corrected chi connectivity index (χ2v) is 4.99. The summed E-state index contributed by atoms with van der Waals surface area (Å²) in [6.45, 7) is 2.35. The standard InChI is InChI=1S/C16H21NO2/c1-11(18)7-15(10-17)13-3-4-14-9-16(19-2)6-5-12(14)8-13/h3-6,8-9,11,15,18H,7,10,17H2,1-2H3. The van der Waals surface area contributed by atoms with Crippen molar-refractivity contribution in [1.82, 2.24) is 0 Å². The van der Waals surface area contributed by atoms with Gasteiger partial charge in [0.15, 0.2) is 0 Å². The lowest BCUT2D eigenvalue weighted by Gasteiger charge is -2.17. The third-order valence-corrected chi connectivity index (χ3v) is 3.45. The summed E-state index contributed by atoms with van der Waals surface area (Å²) in [5.74, 6) is 1.06. The topological polar surface area (TPSA) is 55.5 Å². The summed E-state index contributed by atoms with van der Waals surface area (Å²) < 4.78 is 5.22. The van der Waals surface area contributed by atoms with Crippen LogP contribution in [0.3, 0.4) is 0 Å². The van der Waals surface area contributed by atoms with Crippen molar-refractivity contribution in [2.24, 2.45) is 5.73 Å². The lowest BCUT2D eigenvalue weighted by molar-refractivity contribution is 0.175. The molecule has 0 aromatic heterocycles. The maximum atomic E-state index is 9.52. The van der Waals surface area contributed by atoms with Gasteiger partial charge >= 0.3 is 0 Å². The first-order chi connectivity index (χ1) is 9.13. The van der Waals surface area contributed by atoms with Crippen molar-refractivity contribution >= 4 is 10.8 Å². The molecular weight excluding hydrogens is 238 g/mol. The summed E-state index contributed by atoms with van der Waals surface area (Å²) in [4.78, 5) is 0. The molecule has 0 aliphatic rings.